The molecular formula is C16H24O4. The molecule has 4 nitrogen and oxygen atoms in total. The maximum absolute atomic E-state index is 5.84. The van der Waals surface area contributed by atoms with E-state index >= 15 is 0 Å². The molecule has 1 aromatic rings. The van der Waals surface area contributed by atoms with Crippen LogP contribution < -0.4 is 9.47 Å². The van der Waals surface area contributed by atoms with Crippen LogP contribution in [0.5, 0.6) is 11.5 Å². The van der Waals surface area contributed by atoms with Gasteiger partial charge in [-0.1, -0.05) is 26.8 Å². The molecule has 0 N–H and O–H groups in total. The van der Waals surface area contributed by atoms with Gasteiger partial charge in [-0.15, -0.1) is 0 Å². The minimum absolute atomic E-state index is 0.0690. The highest BCUT2D eigenvalue weighted by molar-refractivity contribution is 5.45. The van der Waals surface area contributed by atoms with Crippen molar-refractivity contribution in [2.24, 2.45) is 0 Å². The van der Waals surface area contributed by atoms with Gasteiger partial charge in [-0.3, -0.25) is 0 Å². The van der Waals surface area contributed by atoms with Gasteiger partial charge in [0.25, 0.3) is 0 Å². The zero-order valence-corrected chi connectivity index (χ0v) is 12.9. The minimum Gasteiger partial charge on any atom is -0.487 e. The molecule has 0 amide bonds. The van der Waals surface area contributed by atoms with Crippen molar-refractivity contribution in [1.82, 2.24) is 0 Å². The van der Waals surface area contributed by atoms with Crippen LogP contribution in [0.25, 0.3) is 0 Å². The number of ether oxygens (including phenoxy) is 4. The van der Waals surface area contributed by atoms with E-state index in [-0.39, 0.29) is 17.8 Å². The number of hydrogen-bond acceptors (Lipinski definition) is 4. The van der Waals surface area contributed by atoms with Crippen LogP contribution in [0.15, 0.2) is 18.2 Å². The summed E-state index contributed by atoms with van der Waals surface area (Å²) in [5.74, 6) is 1.45. The van der Waals surface area contributed by atoms with Crippen molar-refractivity contribution in [2.45, 2.75) is 45.5 Å². The minimum atomic E-state index is -0.310. The van der Waals surface area contributed by atoms with E-state index in [9.17, 15) is 0 Å². The number of hydrogen-bond donors (Lipinski definition) is 0. The molecule has 1 aliphatic rings. The third-order valence-corrected chi connectivity index (χ3v) is 3.26. The van der Waals surface area contributed by atoms with Gasteiger partial charge in [0.15, 0.2) is 17.8 Å². The zero-order valence-electron chi connectivity index (χ0n) is 12.9. The lowest BCUT2D eigenvalue weighted by Gasteiger charge is -2.22. The molecule has 1 saturated heterocycles. The van der Waals surface area contributed by atoms with Crippen molar-refractivity contribution in [1.29, 1.82) is 0 Å². The average Bonchev–Trinajstić information content (AvgIpc) is 3.20. The zero-order chi connectivity index (χ0) is 14.8. The van der Waals surface area contributed by atoms with Crippen molar-refractivity contribution in [3.63, 3.8) is 0 Å². The van der Waals surface area contributed by atoms with Gasteiger partial charge in [0.2, 0.25) is 0 Å². The van der Waals surface area contributed by atoms with E-state index in [2.05, 4.69) is 26.8 Å². The summed E-state index contributed by atoms with van der Waals surface area (Å²) in [6.45, 7) is 9.72. The molecule has 1 aromatic carbocycles. The summed E-state index contributed by atoms with van der Waals surface area (Å²) in [6, 6.07) is 6.05. The Morgan fingerprint density at radius 2 is 2.00 bits per heavy atom. The Hall–Kier alpha value is -1.26. The molecule has 4 heteroatoms. The molecule has 112 valence electrons. The third kappa shape index (κ3) is 4.12. The van der Waals surface area contributed by atoms with Crippen LogP contribution >= 0.6 is 0 Å². The summed E-state index contributed by atoms with van der Waals surface area (Å²) in [7, 11) is 1.62. The van der Waals surface area contributed by atoms with Crippen molar-refractivity contribution < 1.29 is 18.9 Å². The van der Waals surface area contributed by atoms with Crippen LogP contribution in [0.2, 0.25) is 0 Å². The highest BCUT2D eigenvalue weighted by Crippen LogP contribution is 2.34. The topological polar surface area (TPSA) is 40.2 Å². The molecule has 1 aliphatic heterocycles. The smallest absolute Gasteiger partial charge is 0.196 e. The molecule has 0 saturated carbocycles. The van der Waals surface area contributed by atoms with Gasteiger partial charge in [-0.05, 0) is 30.0 Å². The van der Waals surface area contributed by atoms with Gasteiger partial charge >= 0.3 is 0 Å². The molecule has 0 aromatic heterocycles. The van der Waals surface area contributed by atoms with Crippen molar-refractivity contribution in [3.05, 3.63) is 23.8 Å². The predicted molar refractivity (Wildman–Crippen MR) is 77.5 cm³/mol. The third-order valence-electron chi connectivity index (χ3n) is 3.26. The maximum Gasteiger partial charge on any atom is 0.196 e. The van der Waals surface area contributed by atoms with E-state index in [0.717, 1.165) is 12.4 Å². The van der Waals surface area contributed by atoms with Crippen molar-refractivity contribution >= 4 is 0 Å². The van der Waals surface area contributed by atoms with Crippen LogP contribution in [0, 0.1) is 0 Å². The number of epoxide rings is 1. The molecule has 1 fully saturated rings. The number of benzene rings is 1. The summed E-state index contributed by atoms with van der Waals surface area (Å²) in [6.07, 6.45) is -0.0870. The number of methoxy groups -OCH3 is 1. The van der Waals surface area contributed by atoms with Crippen molar-refractivity contribution in [2.75, 3.05) is 20.3 Å². The lowest BCUT2D eigenvalue weighted by Crippen LogP contribution is -2.16. The Balaban J connectivity index is 2.19. The Kier molecular flexibility index (Phi) is 4.55. The van der Waals surface area contributed by atoms with Crippen LogP contribution in [0.1, 0.15) is 33.3 Å². The van der Waals surface area contributed by atoms with Gasteiger partial charge in [0, 0.05) is 7.11 Å². The second-order valence-electron chi connectivity index (χ2n) is 6.10. The normalized spacial score (nSPS) is 19.6. The Bertz CT molecular complexity index is 446. The fraction of sp³-hybridized carbons (Fsp3) is 0.625. The summed E-state index contributed by atoms with van der Waals surface area (Å²) >= 11 is 0. The maximum atomic E-state index is 5.84. The van der Waals surface area contributed by atoms with Gasteiger partial charge in [-0.25, -0.2) is 0 Å². The van der Waals surface area contributed by atoms with E-state index in [0.29, 0.717) is 12.4 Å². The largest absolute Gasteiger partial charge is 0.487 e. The van der Waals surface area contributed by atoms with Crippen molar-refractivity contribution in [3.8, 4) is 11.5 Å². The van der Waals surface area contributed by atoms with Crippen LogP contribution in [0.3, 0.4) is 0 Å². The van der Waals surface area contributed by atoms with Crippen LogP contribution in [-0.4, -0.2) is 32.7 Å². The first kappa shape index (κ1) is 15.1. The monoisotopic (exact) mass is 280 g/mol. The SMILES string of the molecule is COC(C)Oc1ccc(C(C)(C)C)cc1OCC1CO1. The second kappa shape index (κ2) is 6.02. The van der Waals surface area contributed by atoms with Crippen LogP contribution in [-0.2, 0) is 14.9 Å². The van der Waals surface area contributed by atoms with Gasteiger partial charge in [0.05, 0.1) is 6.61 Å². The predicted octanol–water partition coefficient (Wildman–Crippen LogP) is 3.13. The molecule has 2 rings (SSSR count). The Morgan fingerprint density at radius 3 is 2.55 bits per heavy atom. The molecular weight excluding hydrogens is 256 g/mol. The molecule has 0 spiro atoms. The Labute approximate surface area is 121 Å². The Morgan fingerprint density at radius 1 is 1.30 bits per heavy atom. The fourth-order valence-electron chi connectivity index (χ4n) is 1.76. The van der Waals surface area contributed by atoms with E-state index in [1.807, 2.05) is 19.1 Å². The summed E-state index contributed by atoms with van der Waals surface area (Å²) in [5, 5.41) is 0. The first-order valence-electron chi connectivity index (χ1n) is 6.98. The summed E-state index contributed by atoms with van der Waals surface area (Å²) < 4.78 is 21.9. The fourth-order valence-corrected chi connectivity index (χ4v) is 1.76. The molecule has 1 heterocycles. The average molecular weight is 280 g/mol. The second-order valence-corrected chi connectivity index (χ2v) is 6.10. The standard InChI is InChI=1S/C16H24O4/c1-11(17-5)20-14-7-6-12(16(2,3)4)8-15(14)19-10-13-9-18-13/h6-8,11,13H,9-10H2,1-5H3. The summed E-state index contributed by atoms with van der Waals surface area (Å²) in [5.41, 5.74) is 1.28. The number of rotatable bonds is 6. The molecule has 0 radical (unpaired) electrons. The molecule has 2 unspecified atom stereocenters. The molecule has 0 bridgehead atoms. The highest BCUT2D eigenvalue weighted by atomic mass is 16.7. The first-order chi connectivity index (χ1) is 9.40. The highest BCUT2D eigenvalue weighted by Gasteiger charge is 2.24. The molecule has 2 atom stereocenters. The lowest BCUT2D eigenvalue weighted by atomic mass is 9.87. The lowest BCUT2D eigenvalue weighted by molar-refractivity contribution is -0.0398. The van der Waals surface area contributed by atoms with E-state index in [4.69, 9.17) is 18.9 Å². The summed E-state index contributed by atoms with van der Waals surface area (Å²) in [4.78, 5) is 0. The molecule has 0 aliphatic carbocycles. The van der Waals surface area contributed by atoms with E-state index < -0.39 is 0 Å². The molecule has 20 heavy (non-hydrogen) atoms. The van der Waals surface area contributed by atoms with Gasteiger partial charge in [0.1, 0.15) is 12.7 Å². The van der Waals surface area contributed by atoms with Gasteiger partial charge in [-0.2, -0.15) is 0 Å². The van der Waals surface area contributed by atoms with Crippen LogP contribution in [0.4, 0.5) is 0 Å². The van der Waals surface area contributed by atoms with E-state index in [1.54, 1.807) is 7.11 Å². The van der Waals surface area contributed by atoms with Gasteiger partial charge < -0.3 is 18.9 Å². The quantitative estimate of drug-likeness (QED) is 0.593. The van der Waals surface area contributed by atoms with E-state index in [1.165, 1.54) is 5.56 Å². The first-order valence-corrected chi connectivity index (χ1v) is 6.98.